The van der Waals surface area contributed by atoms with E-state index in [1.165, 1.54) is 0 Å². The maximum atomic E-state index is 12.9. The van der Waals surface area contributed by atoms with Crippen molar-refractivity contribution in [3.63, 3.8) is 0 Å². The van der Waals surface area contributed by atoms with Crippen LogP contribution in [0, 0.1) is 0 Å². The number of nitrogens with zero attached hydrogens (tertiary/aromatic N) is 6. The van der Waals surface area contributed by atoms with Crippen LogP contribution in [0.5, 0.6) is 0 Å². The van der Waals surface area contributed by atoms with Gasteiger partial charge >= 0.3 is 0 Å². The van der Waals surface area contributed by atoms with Crippen LogP contribution >= 0.6 is 23.2 Å². The van der Waals surface area contributed by atoms with Crippen LogP contribution in [0.15, 0.2) is 12.3 Å². The summed E-state index contributed by atoms with van der Waals surface area (Å²) in [5.41, 5.74) is 0. The molecule has 8 nitrogen and oxygen atoms in total. The molecule has 4 heterocycles. The SMILES string of the molecule is O=C(CN1CCCN(CC(=O)N2CCN(c3ncc(Cl)cc3Cl)CC2)CC1)N1CCCC1. The Morgan fingerprint density at radius 3 is 1.88 bits per heavy atom. The van der Waals surface area contributed by atoms with Gasteiger partial charge in [-0.3, -0.25) is 19.4 Å². The van der Waals surface area contributed by atoms with E-state index in [0.29, 0.717) is 49.3 Å². The lowest BCUT2D eigenvalue weighted by Crippen LogP contribution is -2.51. The molecule has 32 heavy (non-hydrogen) atoms. The summed E-state index contributed by atoms with van der Waals surface area (Å²) in [6, 6.07) is 1.70. The van der Waals surface area contributed by atoms with Crippen LogP contribution < -0.4 is 4.90 Å². The largest absolute Gasteiger partial charge is 0.352 e. The number of pyridine rings is 1. The minimum absolute atomic E-state index is 0.168. The van der Waals surface area contributed by atoms with Gasteiger partial charge in [-0.1, -0.05) is 23.2 Å². The Kier molecular flexibility index (Phi) is 8.10. The van der Waals surface area contributed by atoms with Gasteiger partial charge < -0.3 is 14.7 Å². The molecule has 0 radical (unpaired) electrons. The predicted octanol–water partition coefficient (Wildman–Crippen LogP) is 1.67. The van der Waals surface area contributed by atoms with Crippen molar-refractivity contribution in [3.05, 3.63) is 22.3 Å². The van der Waals surface area contributed by atoms with Crippen LogP contribution in [-0.2, 0) is 9.59 Å². The number of carbonyl (C=O) groups is 2. The first kappa shape index (κ1) is 23.5. The first-order valence-electron chi connectivity index (χ1n) is 11.6. The molecule has 10 heteroatoms. The Balaban J connectivity index is 1.21. The number of likely N-dealkylation sites (tertiary alicyclic amines) is 1. The fourth-order valence-corrected chi connectivity index (χ4v) is 5.20. The highest BCUT2D eigenvalue weighted by atomic mass is 35.5. The van der Waals surface area contributed by atoms with Crippen molar-refractivity contribution in [1.29, 1.82) is 0 Å². The summed E-state index contributed by atoms with van der Waals surface area (Å²) in [4.78, 5) is 40.2. The van der Waals surface area contributed by atoms with Gasteiger partial charge in [0.1, 0.15) is 5.82 Å². The van der Waals surface area contributed by atoms with Crippen molar-refractivity contribution < 1.29 is 9.59 Å². The number of hydrogen-bond acceptors (Lipinski definition) is 6. The number of halogens is 2. The fourth-order valence-electron chi connectivity index (χ4n) is 4.70. The van der Waals surface area contributed by atoms with Gasteiger partial charge in [-0.2, -0.15) is 0 Å². The van der Waals surface area contributed by atoms with Gasteiger partial charge in [0.25, 0.3) is 0 Å². The second-order valence-corrected chi connectivity index (χ2v) is 9.66. The minimum atomic E-state index is 0.168. The smallest absolute Gasteiger partial charge is 0.236 e. The number of anilines is 1. The van der Waals surface area contributed by atoms with E-state index in [1.807, 2.05) is 9.80 Å². The van der Waals surface area contributed by atoms with Crippen LogP contribution in [0.25, 0.3) is 0 Å². The molecule has 2 amide bonds. The van der Waals surface area contributed by atoms with Gasteiger partial charge in [0.15, 0.2) is 0 Å². The third kappa shape index (κ3) is 6.04. The molecular formula is C22H32Cl2N6O2. The van der Waals surface area contributed by atoms with Crippen LogP contribution in [0.2, 0.25) is 10.0 Å². The summed E-state index contributed by atoms with van der Waals surface area (Å²) in [5, 5.41) is 1.05. The highest BCUT2D eigenvalue weighted by Gasteiger charge is 2.26. The molecule has 1 aromatic rings. The third-order valence-corrected chi connectivity index (χ3v) is 7.06. The van der Waals surface area contributed by atoms with Gasteiger partial charge in [0, 0.05) is 58.6 Å². The topological polar surface area (TPSA) is 63.2 Å². The first-order valence-corrected chi connectivity index (χ1v) is 12.3. The average molecular weight is 483 g/mol. The van der Waals surface area contributed by atoms with E-state index in [-0.39, 0.29) is 11.8 Å². The minimum Gasteiger partial charge on any atom is -0.352 e. The number of piperazine rings is 1. The number of carbonyl (C=O) groups excluding carboxylic acids is 2. The van der Waals surface area contributed by atoms with E-state index in [9.17, 15) is 9.59 Å². The molecule has 0 aromatic carbocycles. The lowest BCUT2D eigenvalue weighted by atomic mass is 10.3. The van der Waals surface area contributed by atoms with Crippen molar-refractivity contribution in [2.75, 3.05) is 83.4 Å². The quantitative estimate of drug-likeness (QED) is 0.635. The number of rotatable bonds is 5. The van der Waals surface area contributed by atoms with Crippen LogP contribution in [-0.4, -0.2) is 115 Å². The van der Waals surface area contributed by atoms with E-state index in [2.05, 4.69) is 19.7 Å². The van der Waals surface area contributed by atoms with Crippen LogP contribution in [0.1, 0.15) is 19.3 Å². The molecule has 1 aromatic heterocycles. The van der Waals surface area contributed by atoms with E-state index < -0.39 is 0 Å². The van der Waals surface area contributed by atoms with Gasteiger partial charge in [-0.05, 0) is 38.4 Å². The summed E-state index contributed by atoms with van der Waals surface area (Å²) in [5.74, 6) is 1.14. The predicted molar refractivity (Wildman–Crippen MR) is 126 cm³/mol. The van der Waals surface area contributed by atoms with Crippen LogP contribution in [0.4, 0.5) is 5.82 Å². The third-order valence-electron chi connectivity index (χ3n) is 6.58. The Morgan fingerprint density at radius 2 is 1.31 bits per heavy atom. The number of hydrogen-bond donors (Lipinski definition) is 0. The second kappa shape index (κ2) is 11.0. The maximum absolute atomic E-state index is 12.9. The summed E-state index contributed by atoms with van der Waals surface area (Å²) in [6.07, 6.45) is 4.83. The molecule has 4 rings (SSSR count). The fraction of sp³-hybridized carbons (Fsp3) is 0.682. The van der Waals surface area contributed by atoms with Gasteiger partial charge in [-0.25, -0.2) is 4.98 Å². The molecule has 3 saturated heterocycles. The van der Waals surface area contributed by atoms with E-state index >= 15 is 0 Å². The van der Waals surface area contributed by atoms with Gasteiger partial charge in [0.2, 0.25) is 11.8 Å². The standard InChI is InChI=1S/C22H32Cl2N6O2/c23-18-14-19(24)22(25-15-18)30-12-10-29(11-13-30)21(32)17-27-5-3-4-26(8-9-27)16-20(31)28-6-1-2-7-28/h14-15H,1-13,16-17H2. The molecule has 176 valence electrons. The first-order chi connectivity index (χ1) is 15.5. The second-order valence-electron chi connectivity index (χ2n) is 8.82. The molecule has 3 aliphatic rings. The molecule has 0 unspecified atom stereocenters. The van der Waals surface area contributed by atoms with Crippen molar-refractivity contribution in [2.24, 2.45) is 0 Å². The average Bonchev–Trinajstić information content (AvgIpc) is 3.24. The Hall–Kier alpha value is -1.61. The molecule has 3 aliphatic heterocycles. The summed E-state index contributed by atoms with van der Waals surface area (Å²) in [7, 11) is 0. The lowest BCUT2D eigenvalue weighted by molar-refractivity contribution is -0.133. The normalized spacial score (nSPS) is 21.1. The molecule has 0 N–H and O–H groups in total. The molecule has 0 atom stereocenters. The molecule has 0 bridgehead atoms. The monoisotopic (exact) mass is 482 g/mol. The highest BCUT2D eigenvalue weighted by molar-refractivity contribution is 6.36. The zero-order valence-electron chi connectivity index (χ0n) is 18.5. The Labute approximate surface area is 200 Å². The zero-order valence-corrected chi connectivity index (χ0v) is 20.0. The van der Waals surface area contributed by atoms with Crippen LogP contribution in [0.3, 0.4) is 0 Å². The lowest BCUT2D eigenvalue weighted by Gasteiger charge is -2.36. The molecular weight excluding hydrogens is 451 g/mol. The molecule has 3 fully saturated rings. The van der Waals surface area contributed by atoms with Crippen molar-refractivity contribution in [2.45, 2.75) is 19.3 Å². The van der Waals surface area contributed by atoms with Crippen molar-refractivity contribution in [3.8, 4) is 0 Å². The number of aromatic nitrogens is 1. The zero-order chi connectivity index (χ0) is 22.5. The maximum Gasteiger partial charge on any atom is 0.236 e. The summed E-state index contributed by atoms with van der Waals surface area (Å²) in [6.45, 7) is 8.93. The van der Waals surface area contributed by atoms with Gasteiger partial charge in [-0.15, -0.1) is 0 Å². The van der Waals surface area contributed by atoms with Crippen molar-refractivity contribution in [1.82, 2.24) is 24.6 Å². The van der Waals surface area contributed by atoms with E-state index in [4.69, 9.17) is 23.2 Å². The molecule has 0 aliphatic carbocycles. The van der Waals surface area contributed by atoms with Crippen molar-refractivity contribution >= 4 is 40.8 Å². The number of amides is 2. The molecule has 0 saturated carbocycles. The summed E-state index contributed by atoms with van der Waals surface area (Å²) >= 11 is 12.2. The molecule has 0 spiro atoms. The Morgan fingerprint density at radius 1 is 0.750 bits per heavy atom. The van der Waals surface area contributed by atoms with E-state index in [1.54, 1.807) is 12.3 Å². The van der Waals surface area contributed by atoms with E-state index in [0.717, 1.165) is 64.3 Å². The highest BCUT2D eigenvalue weighted by Crippen LogP contribution is 2.26. The van der Waals surface area contributed by atoms with Gasteiger partial charge in [0.05, 0.1) is 23.1 Å². The Bertz CT molecular complexity index is 812. The summed E-state index contributed by atoms with van der Waals surface area (Å²) < 4.78 is 0.